The highest BCUT2D eigenvalue weighted by molar-refractivity contribution is 5.77. The maximum absolute atomic E-state index is 11.8. The van der Waals surface area contributed by atoms with Crippen molar-refractivity contribution in [3.8, 4) is 5.75 Å². The molecule has 2 aromatic rings. The highest BCUT2D eigenvalue weighted by Gasteiger charge is 2.27. The third kappa shape index (κ3) is 5.47. The lowest BCUT2D eigenvalue weighted by Crippen LogP contribution is -2.21. The summed E-state index contributed by atoms with van der Waals surface area (Å²) in [7, 11) is 1.58. The molecule has 4 heteroatoms. The van der Waals surface area contributed by atoms with Gasteiger partial charge in [0, 0.05) is 6.61 Å². The van der Waals surface area contributed by atoms with Gasteiger partial charge in [-0.25, -0.2) is 0 Å². The first-order chi connectivity index (χ1) is 12.2. The number of hydrogen-bond donors (Lipinski definition) is 1. The molecule has 0 radical (unpaired) electrons. The lowest BCUT2D eigenvalue weighted by molar-refractivity contribution is -0.139. The van der Waals surface area contributed by atoms with E-state index in [0.29, 0.717) is 25.4 Å². The largest absolute Gasteiger partial charge is 0.497 e. The van der Waals surface area contributed by atoms with Gasteiger partial charge in [0.15, 0.2) is 0 Å². The molecule has 0 spiro atoms. The molecule has 0 bridgehead atoms. The van der Waals surface area contributed by atoms with Gasteiger partial charge in [0.2, 0.25) is 0 Å². The van der Waals surface area contributed by atoms with Crippen molar-refractivity contribution >= 4 is 5.97 Å². The standard InChI is InChI=1S/C21H24O4/c1-3-17(13-14-25-15-16-7-5-4-6-8-16)20(21(22)23)18-9-11-19(24-2)12-10-18/h3-12,17,20H,1,13-15H2,2H3,(H,22,23)/t17?,20-/m1/s1. The summed E-state index contributed by atoms with van der Waals surface area (Å²) in [4.78, 5) is 11.8. The molecule has 0 fully saturated rings. The van der Waals surface area contributed by atoms with E-state index in [4.69, 9.17) is 9.47 Å². The van der Waals surface area contributed by atoms with Crippen molar-refractivity contribution in [3.63, 3.8) is 0 Å². The van der Waals surface area contributed by atoms with Gasteiger partial charge in [0.25, 0.3) is 0 Å². The molecule has 132 valence electrons. The number of rotatable bonds is 10. The fourth-order valence-electron chi connectivity index (χ4n) is 2.79. The number of hydrogen-bond acceptors (Lipinski definition) is 3. The van der Waals surface area contributed by atoms with Crippen LogP contribution in [0, 0.1) is 5.92 Å². The monoisotopic (exact) mass is 340 g/mol. The van der Waals surface area contributed by atoms with Crippen molar-refractivity contribution < 1.29 is 19.4 Å². The van der Waals surface area contributed by atoms with Crippen molar-refractivity contribution in [2.75, 3.05) is 13.7 Å². The Bertz CT molecular complexity index is 664. The lowest BCUT2D eigenvalue weighted by atomic mass is 9.84. The van der Waals surface area contributed by atoms with E-state index in [1.165, 1.54) is 0 Å². The fourth-order valence-corrected chi connectivity index (χ4v) is 2.79. The summed E-state index contributed by atoms with van der Waals surface area (Å²) < 4.78 is 10.8. The topological polar surface area (TPSA) is 55.8 Å². The van der Waals surface area contributed by atoms with Crippen LogP contribution in [0.1, 0.15) is 23.5 Å². The molecule has 1 N–H and O–H groups in total. The normalized spacial score (nSPS) is 13.0. The Morgan fingerprint density at radius 2 is 1.84 bits per heavy atom. The van der Waals surface area contributed by atoms with Crippen LogP contribution in [0.25, 0.3) is 0 Å². The number of carboxylic acids is 1. The van der Waals surface area contributed by atoms with Gasteiger partial charge in [0.1, 0.15) is 5.75 Å². The summed E-state index contributed by atoms with van der Waals surface area (Å²) in [6.45, 7) is 4.81. The van der Waals surface area contributed by atoms with Crippen molar-refractivity contribution in [3.05, 3.63) is 78.4 Å². The Morgan fingerprint density at radius 3 is 2.40 bits per heavy atom. The number of carbonyl (C=O) groups is 1. The Kier molecular flexibility index (Phi) is 7.23. The first kappa shape index (κ1) is 18.7. The molecular formula is C21H24O4. The second-order valence-corrected chi connectivity index (χ2v) is 5.82. The molecule has 0 aliphatic heterocycles. The summed E-state index contributed by atoms with van der Waals surface area (Å²) in [6, 6.07) is 17.0. The summed E-state index contributed by atoms with van der Waals surface area (Å²) in [5, 5.41) is 9.67. The third-order valence-electron chi connectivity index (χ3n) is 4.18. The minimum absolute atomic E-state index is 0.207. The van der Waals surface area contributed by atoms with Crippen molar-refractivity contribution in [1.29, 1.82) is 0 Å². The molecule has 4 nitrogen and oxygen atoms in total. The number of aliphatic carboxylic acids is 1. The van der Waals surface area contributed by atoms with E-state index in [9.17, 15) is 9.90 Å². The number of carboxylic acid groups (broad SMARTS) is 1. The Hall–Kier alpha value is -2.59. The average Bonchev–Trinajstić information content (AvgIpc) is 2.65. The van der Waals surface area contributed by atoms with Crippen molar-refractivity contribution in [2.24, 2.45) is 5.92 Å². The summed E-state index contributed by atoms with van der Waals surface area (Å²) in [5.41, 5.74) is 1.84. The molecule has 0 saturated carbocycles. The van der Waals surface area contributed by atoms with Crippen LogP contribution >= 0.6 is 0 Å². The highest BCUT2D eigenvalue weighted by Crippen LogP contribution is 2.30. The zero-order valence-corrected chi connectivity index (χ0v) is 14.4. The van der Waals surface area contributed by atoms with Crippen molar-refractivity contribution in [2.45, 2.75) is 18.9 Å². The molecule has 2 atom stereocenters. The minimum atomic E-state index is -0.863. The number of benzene rings is 2. The van der Waals surface area contributed by atoms with Crippen LogP contribution in [0.5, 0.6) is 5.75 Å². The maximum Gasteiger partial charge on any atom is 0.311 e. The third-order valence-corrected chi connectivity index (χ3v) is 4.18. The van der Waals surface area contributed by atoms with Crippen LogP contribution in [0.15, 0.2) is 67.3 Å². The van der Waals surface area contributed by atoms with Gasteiger partial charge in [0.05, 0.1) is 19.6 Å². The first-order valence-electron chi connectivity index (χ1n) is 8.26. The average molecular weight is 340 g/mol. The smallest absolute Gasteiger partial charge is 0.311 e. The zero-order valence-electron chi connectivity index (χ0n) is 14.4. The molecule has 2 aromatic carbocycles. The summed E-state index contributed by atoms with van der Waals surface area (Å²) in [5.74, 6) is -1.02. The molecule has 0 aliphatic carbocycles. The van der Waals surface area contributed by atoms with Crippen LogP contribution in [-0.4, -0.2) is 24.8 Å². The molecule has 0 saturated heterocycles. The molecule has 0 amide bonds. The van der Waals surface area contributed by atoms with Crippen LogP contribution in [0.4, 0.5) is 0 Å². The Balaban J connectivity index is 1.96. The van der Waals surface area contributed by atoms with Gasteiger partial charge in [-0.2, -0.15) is 0 Å². The molecule has 0 aliphatic rings. The van der Waals surface area contributed by atoms with Gasteiger partial charge in [-0.1, -0.05) is 48.5 Å². The molecule has 25 heavy (non-hydrogen) atoms. The van der Waals surface area contributed by atoms with E-state index in [0.717, 1.165) is 11.1 Å². The van der Waals surface area contributed by atoms with Crippen LogP contribution < -0.4 is 4.74 Å². The summed E-state index contributed by atoms with van der Waals surface area (Å²) in [6.07, 6.45) is 2.30. The SMILES string of the molecule is C=CC(CCOCc1ccccc1)[C@@H](C(=O)O)c1ccc(OC)cc1. The first-order valence-corrected chi connectivity index (χ1v) is 8.26. The lowest BCUT2D eigenvalue weighted by Gasteiger charge is -2.21. The second-order valence-electron chi connectivity index (χ2n) is 5.82. The molecule has 1 unspecified atom stereocenters. The van der Waals surface area contributed by atoms with Crippen LogP contribution in [0.2, 0.25) is 0 Å². The Morgan fingerprint density at radius 1 is 1.16 bits per heavy atom. The van der Waals surface area contributed by atoms with E-state index in [1.807, 2.05) is 30.3 Å². The van der Waals surface area contributed by atoms with E-state index in [2.05, 4.69) is 6.58 Å². The number of methoxy groups -OCH3 is 1. The van der Waals surface area contributed by atoms with Crippen LogP contribution in [-0.2, 0) is 16.1 Å². The van der Waals surface area contributed by atoms with E-state index < -0.39 is 11.9 Å². The number of ether oxygens (including phenoxy) is 2. The quantitative estimate of drug-likeness (QED) is 0.518. The summed E-state index contributed by atoms with van der Waals surface area (Å²) >= 11 is 0. The minimum Gasteiger partial charge on any atom is -0.497 e. The van der Waals surface area contributed by atoms with E-state index >= 15 is 0 Å². The fraction of sp³-hybridized carbons (Fsp3) is 0.286. The highest BCUT2D eigenvalue weighted by atomic mass is 16.5. The Labute approximate surface area is 148 Å². The van der Waals surface area contributed by atoms with E-state index in [1.54, 1.807) is 37.5 Å². The molecular weight excluding hydrogens is 316 g/mol. The van der Waals surface area contributed by atoms with Gasteiger partial charge in [-0.05, 0) is 35.6 Å². The zero-order chi connectivity index (χ0) is 18.1. The predicted octanol–water partition coefficient (Wildman–Crippen LogP) is 4.27. The molecule has 0 heterocycles. The van der Waals surface area contributed by atoms with E-state index in [-0.39, 0.29) is 5.92 Å². The number of allylic oxidation sites excluding steroid dienone is 1. The van der Waals surface area contributed by atoms with Gasteiger partial charge < -0.3 is 14.6 Å². The van der Waals surface area contributed by atoms with Gasteiger partial charge in [-0.3, -0.25) is 4.79 Å². The van der Waals surface area contributed by atoms with Gasteiger partial charge >= 0.3 is 5.97 Å². The maximum atomic E-state index is 11.8. The molecule has 0 aromatic heterocycles. The van der Waals surface area contributed by atoms with Crippen molar-refractivity contribution in [1.82, 2.24) is 0 Å². The van der Waals surface area contributed by atoms with Crippen LogP contribution in [0.3, 0.4) is 0 Å². The second kappa shape index (κ2) is 9.64. The molecule has 2 rings (SSSR count). The predicted molar refractivity (Wildman–Crippen MR) is 97.8 cm³/mol. The van der Waals surface area contributed by atoms with Gasteiger partial charge in [-0.15, -0.1) is 6.58 Å².